The second-order valence-electron chi connectivity index (χ2n) is 5.04. The highest BCUT2D eigenvalue weighted by atomic mass is 15.1. The number of nitrogens with one attached hydrogen (secondary N) is 1. The predicted molar refractivity (Wildman–Crippen MR) is 74.6 cm³/mol. The van der Waals surface area contributed by atoms with Gasteiger partial charge in [-0.05, 0) is 57.4 Å². The molecule has 1 aliphatic rings. The Balaban J connectivity index is 2.12. The third-order valence-electron chi connectivity index (χ3n) is 3.80. The maximum Gasteiger partial charge on any atom is 0.110 e. The van der Waals surface area contributed by atoms with Crippen LogP contribution in [-0.2, 0) is 6.42 Å². The molecule has 2 aromatic rings. The second kappa shape index (κ2) is 4.16. The van der Waals surface area contributed by atoms with Crippen LogP contribution in [0, 0.1) is 20.8 Å². The fourth-order valence-corrected chi connectivity index (χ4v) is 2.76. The average Bonchev–Trinajstić information content (AvgIpc) is 2.63. The molecule has 18 heavy (non-hydrogen) atoms. The summed E-state index contributed by atoms with van der Waals surface area (Å²) < 4.78 is 2.24. The molecule has 2 heterocycles. The first-order chi connectivity index (χ1) is 8.66. The minimum Gasteiger partial charge on any atom is -0.385 e. The van der Waals surface area contributed by atoms with Crippen molar-refractivity contribution in [1.29, 1.82) is 0 Å². The van der Waals surface area contributed by atoms with Crippen LogP contribution in [0.5, 0.6) is 0 Å². The van der Waals surface area contributed by atoms with Crippen LogP contribution in [0.15, 0.2) is 18.2 Å². The van der Waals surface area contributed by atoms with Gasteiger partial charge >= 0.3 is 0 Å². The smallest absolute Gasteiger partial charge is 0.110 e. The summed E-state index contributed by atoms with van der Waals surface area (Å²) in [5.41, 5.74) is 6.29. The number of aromatic nitrogens is 2. The van der Waals surface area contributed by atoms with Crippen molar-refractivity contribution in [1.82, 2.24) is 9.55 Å². The molecular formula is C15H19N3. The molecule has 0 saturated heterocycles. The summed E-state index contributed by atoms with van der Waals surface area (Å²) in [5, 5.41) is 3.45. The Morgan fingerprint density at radius 1 is 1.22 bits per heavy atom. The molecule has 1 N–H and O–H groups in total. The van der Waals surface area contributed by atoms with Crippen molar-refractivity contribution in [2.75, 3.05) is 11.9 Å². The van der Waals surface area contributed by atoms with E-state index in [1.54, 1.807) is 0 Å². The van der Waals surface area contributed by atoms with Gasteiger partial charge in [0.2, 0.25) is 0 Å². The third kappa shape index (κ3) is 1.70. The van der Waals surface area contributed by atoms with E-state index in [1.807, 2.05) is 0 Å². The van der Waals surface area contributed by atoms with E-state index >= 15 is 0 Å². The molecule has 94 valence electrons. The monoisotopic (exact) mass is 241 g/mol. The Morgan fingerprint density at radius 3 is 2.78 bits per heavy atom. The Bertz CT molecular complexity index is 596. The van der Waals surface area contributed by atoms with Crippen molar-refractivity contribution in [3.63, 3.8) is 0 Å². The first-order valence-electron chi connectivity index (χ1n) is 6.56. The summed E-state index contributed by atoms with van der Waals surface area (Å²) in [4.78, 5) is 4.55. The molecule has 1 aliphatic heterocycles. The summed E-state index contributed by atoms with van der Waals surface area (Å²) in [5.74, 6) is 1.06. The molecule has 3 nitrogen and oxygen atoms in total. The first-order valence-corrected chi connectivity index (χ1v) is 6.56. The SMILES string of the molecule is Cc1nc(C)n(-c2ccc3c(c2)CCCN3)c1C. The zero-order valence-corrected chi connectivity index (χ0v) is 11.2. The lowest BCUT2D eigenvalue weighted by molar-refractivity contribution is 0.826. The molecule has 1 aromatic carbocycles. The highest BCUT2D eigenvalue weighted by molar-refractivity contribution is 5.58. The maximum atomic E-state index is 4.55. The fraction of sp³-hybridized carbons (Fsp3) is 0.400. The number of anilines is 1. The molecule has 0 radical (unpaired) electrons. The van der Waals surface area contributed by atoms with Crippen LogP contribution in [0.4, 0.5) is 5.69 Å². The largest absolute Gasteiger partial charge is 0.385 e. The van der Waals surface area contributed by atoms with E-state index in [4.69, 9.17) is 0 Å². The number of hydrogen-bond acceptors (Lipinski definition) is 2. The molecule has 3 heteroatoms. The lowest BCUT2D eigenvalue weighted by Crippen LogP contribution is -2.12. The van der Waals surface area contributed by atoms with Crippen LogP contribution in [0.25, 0.3) is 5.69 Å². The van der Waals surface area contributed by atoms with Gasteiger partial charge in [0.05, 0.1) is 5.69 Å². The zero-order chi connectivity index (χ0) is 12.7. The van der Waals surface area contributed by atoms with Gasteiger partial charge in [-0.2, -0.15) is 0 Å². The van der Waals surface area contributed by atoms with E-state index in [0.29, 0.717) is 0 Å². The summed E-state index contributed by atoms with van der Waals surface area (Å²) in [6.07, 6.45) is 2.39. The Labute approximate surface area is 108 Å². The maximum absolute atomic E-state index is 4.55. The topological polar surface area (TPSA) is 29.9 Å². The van der Waals surface area contributed by atoms with E-state index in [0.717, 1.165) is 18.1 Å². The number of imidazole rings is 1. The zero-order valence-electron chi connectivity index (χ0n) is 11.2. The van der Waals surface area contributed by atoms with Gasteiger partial charge in [0.1, 0.15) is 5.82 Å². The predicted octanol–water partition coefficient (Wildman–Crippen LogP) is 3.16. The standard InChI is InChI=1S/C15H19N3/c1-10-11(2)18(12(3)17-10)14-6-7-15-13(9-14)5-4-8-16-15/h6-7,9,16H,4-5,8H2,1-3H3. The van der Waals surface area contributed by atoms with E-state index in [2.05, 4.69) is 53.8 Å². The number of benzene rings is 1. The van der Waals surface area contributed by atoms with Crippen molar-refractivity contribution < 1.29 is 0 Å². The highest BCUT2D eigenvalue weighted by Gasteiger charge is 2.13. The lowest BCUT2D eigenvalue weighted by atomic mass is 10.0. The summed E-state index contributed by atoms with van der Waals surface area (Å²) in [6.45, 7) is 7.36. The number of rotatable bonds is 1. The van der Waals surface area contributed by atoms with Crippen molar-refractivity contribution >= 4 is 5.69 Å². The number of aryl methyl sites for hydroxylation is 3. The second-order valence-corrected chi connectivity index (χ2v) is 5.04. The number of fused-ring (bicyclic) bond motifs is 1. The summed E-state index contributed by atoms with van der Waals surface area (Å²) in [7, 11) is 0. The molecule has 0 aliphatic carbocycles. The van der Waals surface area contributed by atoms with Crippen LogP contribution in [0.1, 0.15) is 29.2 Å². The van der Waals surface area contributed by atoms with Gasteiger partial charge in [0.15, 0.2) is 0 Å². The highest BCUT2D eigenvalue weighted by Crippen LogP contribution is 2.26. The summed E-state index contributed by atoms with van der Waals surface area (Å²) in [6, 6.07) is 6.67. The molecule has 1 aromatic heterocycles. The summed E-state index contributed by atoms with van der Waals surface area (Å²) >= 11 is 0. The van der Waals surface area contributed by atoms with E-state index in [-0.39, 0.29) is 0 Å². The van der Waals surface area contributed by atoms with Crippen molar-refractivity contribution in [3.8, 4) is 5.69 Å². The van der Waals surface area contributed by atoms with E-state index in [9.17, 15) is 0 Å². The van der Waals surface area contributed by atoms with Gasteiger partial charge in [0.25, 0.3) is 0 Å². The van der Waals surface area contributed by atoms with Gasteiger partial charge < -0.3 is 9.88 Å². The minimum atomic E-state index is 1.06. The Hall–Kier alpha value is -1.77. The van der Waals surface area contributed by atoms with Gasteiger partial charge in [0, 0.05) is 23.6 Å². The minimum absolute atomic E-state index is 1.06. The molecule has 0 unspecified atom stereocenters. The van der Waals surface area contributed by atoms with Gasteiger partial charge in [-0.3, -0.25) is 0 Å². The Morgan fingerprint density at radius 2 is 2.06 bits per heavy atom. The van der Waals surface area contributed by atoms with Crippen LogP contribution in [-0.4, -0.2) is 16.1 Å². The molecule has 0 spiro atoms. The van der Waals surface area contributed by atoms with Crippen LogP contribution in [0.2, 0.25) is 0 Å². The van der Waals surface area contributed by atoms with Crippen molar-refractivity contribution in [2.24, 2.45) is 0 Å². The van der Waals surface area contributed by atoms with Gasteiger partial charge in [-0.25, -0.2) is 4.98 Å². The quantitative estimate of drug-likeness (QED) is 0.831. The normalized spacial score (nSPS) is 14.2. The molecule has 0 fully saturated rings. The van der Waals surface area contributed by atoms with Crippen LogP contribution in [0.3, 0.4) is 0 Å². The molecule has 0 saturated carbocycles. The van der Waals surface area contributed by atoms with Crippen LogP contribution >= 0.6 is 0 Å². The third-order valence-corrected chi connectivity index (χ3v) is 3.80. The van der Waals surface area contributed by atoms with Gasteiger partial charge in [-0.1, -0.05) is 0 Å². The van der Waals surface area contributed by atoms with E-state index in [1.165, 1.54) is 35.5 Å². The molecule has 0 bridgehead atoms. The number of hydrogen-bond donors (Lipinski definition) is 1. The Kier molecular flexibility index (Phi) is 2.62. The molecular weight excluding hydrogens is 222 g/mol. The fourth-order valence-electron chi connectivity index (χ4n) is 2.76. The van der Waals surface area contributed by atoms with Gasteiger partial charge in [-0.15, -0.1) is 0 Å². The van der Waals surface area contributed by atoms with Crippen molar-refractivity contribution in [3.05, 3.63) is 41.0 Å². The van der Waals surface area contributed by atoms with Crippen LogP contribution < -0.4 is 5.32 Å². The average molecular weight is 241 g/mol. The van der Waals surface area contributed by atoms with E-state index < -0.39 is 0 Å². The number of nitrogens with zero attached hydrogens (tertiary/aromatic N) is 2. The lowest BCUT2D eigenvalue weighted by Gasteiger charge is -2.19. The molecule has 0 amide bonds. The molecule has 0 atom stereocenters. The molecule has 3 rings (SSSR count). The van der Waals surface area contributed by atoms with Crippen molar-refractivity contribution in [2.45, 2.75) is 33.6 Å². The first kappa shape index (κ1) is 11.3.